The average Bonchev–Trinajstić information content (AvgIpc) is 2.93. The number of aromatic amines is 1. The van der Waals surface area contributed by atoms with Crippen LogP contribution in [0.15, 0.2) is 36.7 Å². The fraction of sp³-hybridized carbons (Fsp3) is 0. The van der Waals surface area contributed by atoms with Gasteiger partial charge in [0.15, 0.2) is 0 Å². The van der Waals surface area contributed by atoms with Gasteiger partial charge in [-0.15, -0.1) is 0 Å². The van der Waals surface area contributed by atoms with Gasteiger partial charge in [-0.2, -0.15) is 0 Å². The van der Waals surface area contributed by atoms with E-state index in [0.717, 1.165) is 5.52 Å². The molecule has 0 aliphatic carbocycles. The molecule has 0 aliphatic rings. The quantitative estimate of drug-likeness (QED) is 0.515. The molecule has 0 aliphatic heterocycles. The zero-order valence-corrected chi connectivity index (χ0v) is 10.2. The second kappa shape index (κ2) is 3.74. The first-order valence-electron chi connectivity index (χ1n) is 6.00. The van der Waals surface area contributed by atoms with E-state index in [4.69, 9.17) is 0 Å². The van der Waals surface area contributed by atoms with Crippen LogP contribution < -0.4 is 0 Å². The Morgan fingerprint density at radius 2 is 1.85 bits per heavy atom. The largest absolute Gasteiger partial charge is 0.478 e. The van der Waals surface area contributed by atoms with E-state index >= 15 is 0 Å². The molecule has 2 aromatic carbocycles. The van der Waals surface area contributed by atoms with Crippen LogP contribution in [-0.4, -0.2) is 31.0 Å². The first-order chi connectivity index (χ1) is 9.74. The number of fused-ring (bicyclic) bond motifs is 4. The Labute approximate surface area is 112 Å². The molecule has 0 amide bonds. The lowest BCUT2D eigenvalue weighted by Gasteiger charge is -2.04. The van der Waals surface area contributed by atoms with Gasteiger partial charge in [0.1, 0.15) is 16.6 Å². The van der Waals surface area contributed by atoms with E-state index in [1.807, 2.05) is 12.1 Å². The number of carbonyl (C=O) groups is 1. The normalized spacial score (nSPS) is 11.4. The molecule has 6 nitrogen and oxygen atoms in total. The minimum Gasteiger partial charge on any atom is -0.478 e. The summed E-state index contributed by atoms with van der Waals surface area (Å²) >= 11 is 0. The van der Waals surface area contributed by atoms with Crippen LogP contribution in [0.25, 0.3) is 33.1 Å². The maximum absolute atomic E-state index is 11.3. The van der Waals surface area contributed by atoms with Gasteiger partial charge in [0.25, 0.3) is 0 Å². The van der Waals surface area contributed by atoms with E-state index < -0.39 is 5.97 Å². The number of aromatic nitrogens is 4. The molecule has 0 radical (unpaired) electrons. The van der Waals surface area contributed by atoms with Crippen LogP contribution >= 0.6 is 0 Å². The summed E-state index contributed by atoms with van der Waals surface area (Å²) in [4.78, 5) is 27.4. The number of para-hydroxylation sites is 1. The molecule has 4 aromatic rings. The topological polar surface area (TPSA) is 91.8 Å². The zero-order chi connectivity index (χ0) is 13.7. The number of rotatable bonds is 1. The number of nitrogens with one attached hydrogen (secondary N) is 1. The van der Waals surface area contributed by atoms with Gasteiger partial charge in [0.05, 0.1) is 28.4 Å². The summed E-state index contributed by atoms with van der Waals surface area (Å²) in [6.07, 6.45) is 1.58. The van der Waals surface area contributed by atoms with E-state index in [0.29, 0.717) is 27.6 Å². The highest BCUT2D eigenvalue weighted by atomic mass is 16.4. The predicted octanol–water partition coefficient (Wildman–Crippen LogP) is 2.36. The van der Waals surface area contributed by atoms with Crippen molar-refractivity contribution in [1.29, 1.82) is 0 Å². The van der Waals surface area contributed by atoms with Crippen molar-refractivity contribution in [2.75, 3.05) is 0 Å². The summed E-state index contributed by atoms with van der Waals surface area (Å²) in [5, 5.41) is 9.24. The van der Waals surface area contributed by atoms with Crippen molar-refractivity contribution >= 4 is 39.1 Å². The van der Waals surface area contributed by atoms with Gasteiger partial charge < -0.3 is 10.1 Å². The van der Waals surface area contributed by atoms with Crippen LogP contribution in [0.3, 0.4) is 0 Å². The lowest BCUT2D eigenvalue weighted by molar-refractivity contribution is 0.0699. The molecule has 0 fully saturated rings. The molecule has 0 saturated heterocycles. The predicted molar refractivity (Wildman–Crippen MR) is 73.7 cm³/mol. The van der Waals surface area contributed by atoms with Gasteiger partial charge in [-0.1, -0.05) is 6.07 Å². The molecular weight excluding hydrogens is 256 g/mol. The summed E-state index contributed by atoms with van der Waals surface area (Å²) < 4.78 is 0. The second-order valence-electron chi connectivity index (χ2n) is 4.43. The minimum absolute atomic E-state index is 0.143. The maximum Gasteiger partial charge on any atom is 0.337 e. The summed E-state index contributed by atoms with van der Waals surface area (Å²) in [5.41, 5.74) is 3.92. The molecule has 2 N–H and O–H groups in total. The van der Waals surface area contributed by atoms with Crippen LogP contribution in [-0.2, 0) is 0 Å². The van der Waals surface area contributed by atoms with Gasteiger partial charge in [-0.25, -0.2) is 19.7 Å². The Bertz CT molecular complexity index is 990. The summed E-state index contributed by atoms with van der Waals surface area (Å²) in [6, 6.07) is 8.67. The highest BCUT2D eigenvalue weighted by Gasteiger charge is 2.13. The monoisotopic (exact) mass is 264 g/mol. The van der Waals surface area contributed by atoms with Gasteiger partial charge in [0.2, 0.25) is 0 Å². The van der Waals surface area contributed by atoms with E-state index in [1.165, 1.54) is 6.07 Å². The third-order valence-corrected chi connectivity index (χ3v) is 3.25. The molecule has 2 heterocycles. The molecule has 20 heavy (non-hydrogen) atoms. The van der Waals surface area contributed by atoms with Crippen LogP contribution in [0.1, 0.15) is 10.4 Å². The van der Waals surface area contributed by atoms with Crippen LogP contribution in [0.4, 0.5) is 0 Å². The number of benzene rings is 2. The number of carboxylic acids is 1. The van der Waals surface area contributed by atoms with Crippen molar-refractivity contribution in [2.24, 2.45) is 0 Å². The maximum atomic E-state index is 11.3. The Balaban J connectivity index is 2.24. The standard InChI is InChI=1S/C14H8N4O2/c19-14(20)7-2-1-3-9-11(7)18-13-10(17-9)5-4-8-12(13)16-6-15-8/h1-6H,(H,15,16)(H,19,20). The minimum atomic E-state index is -1.02. The third-order valence-electron chi connectivity index (χ3n) is 3.25. The molecule has 2 aromatic heterocycles. The van der Waals surface area contributed by atoms with Crippen molar-refractivity contribution in [2.45, 2.75) is 0 Å². The van der Waals surface area contributed by atoms with Crippen molar-refractivity contribution < 1.29 is 9.90 Å². The zero-order valence-electron chi connectivity index (χ0n) is 10.2. The third kappa shape index (κ3) is 1.38. The second-order valence-corrected chi connectivity index (χ2v) is 4.43. The van der Waals surface area contributed by atoms with Crippen molar-refractivity contribution in [3.63, 3.8) is 0 Å². The number of imidazole rings is 1. The van der Waals surface area contributed by atoms with Crippen molar-refractivity contribution in [3.05, 3.63) is 42.2 Å². The molecule has 96 valence electrons. The number of hydrogen-bond donors (Lipinski definition) is 2. The van der Waals surface area contributed by atoms with Crippen LogP contribution in [0.5, 0.6) is 0 Å². The fourth-order valence-corrected chi connectivity index (χ4v) is 2.34. The smallest absolute Gasteiger partial charge is 0.337 e. The highest BCUT2D eigenvalue weighted by molar-refractivity contribution is 6.06. The lowest BCUT2D eigenvalue weighted by Crippen LogP contribution is -2.00. The van der Waals surface area contributed by atoms with Crippen molar-refractivity contribution in [3.8, 4) is 0 Å². The summed E-state index contributed by atoms with van der Waals surface area (Å²) in [7, 11) is 0. The molecule has 0 atom stereocenters. The lowest BCUT2D eigenvalue weighted by atomic mass is 10.1. The summed E-state index contributed by atoms with van der Waals surface area (Å²) in [5.74, 6) is -1.02. The van der Waals surface area contributed by atoms with E-state index in [-0.39, 0.29) is 5.56 Å². The number of nitrogens with zero attached hydrogens (tertiary/aromatic N) is 3. The van der Waals surface area contributed by atoms with Crippen LogP contribution in [0, 0.1) is 0 Å². The molecule has 6 heteroatoms. The first kappa shape index (κ1) is 10.9. The highest BCUT2D eigenvalue weighted by Crippen LogP contribution is 2.24. The molecular formula is C14H8N4O2. The van der Waals surface area contributed by atoms with Gasteiger partial charge >= 0.3 is 5.97 Å². The van der Waals surface area contributed by atoms with E-state index in [9.17, 15) is 9.90 Å². The van der Waals surface area contributed by atoms with Gasteiger partial charge in [0, 0.05) is 0 Å². The molecule has 0 saturated carbocycles. The molecule has 0 bridgehead atoms. The van der Waals surface area contributed by atoms with Gasteiger partial charge in [-0.3, -0.25) is 0 Å². The Morgan fingerprint density at radius 3 is 2.70 bits per heavy atom. The molecule has 0 spiro atoms. The number of aromatic carboxylic acids is 1. The van der Waals surface area contributed by atoms with Gasteiger partial charge in [-0.05, 0) is 24.3 Å². The number of carboxylic acid groups (broad SMARTS) is 1. The SMILES string of the molecule is O=C(O)c1cccc2nc3ccc4[nH]cnc4c3nc12. The molecule has 0 unspecified atom stereocenters. The number of H-pyrrole nitrogens is 1. The fourth-order valence-electron chi connectivity index (χ4n) is 2.34. The average molecular weight is 264 g/mol. The summed E-state index contributed by atoms with van der Waals surface area (Å²) in [6.45, 7) is 0. The van der Waals surface area contributed by atoms with E-state index in [2.05, 4.69) is 19.9 Å². The number of hydrogen-bond acceptors (Lipinski definition) is 4. The Morgan fingerprint density at radius 1 is 1.00 bits per heavy atom. The van der Waals surface area contributed by atoms with Crippen molar-refractivity contribution in [1.82, 2.24) is 19.9 Å². The first-order valence-corrected chi connectivity index (χ1v) is 6.00. The molecule has 4 rings (SSSR count). The van der Waals surface area contributed by atoms with Crippen LogP contribution in [0.2, 0.25) is 0 Å². The van der Waals surface area contributed by atoms with E-state index in [1.54, 1.807) is 18.5 Å². The Hall–Kier alpha value is -3.02. The Kier molecular flexibility index (Phi) is 2.03.